The average molecular weight is 294 g/mol. The molecule has 0 atom stereocenters. The van der Waals surface area contributed by atoms with Gasteiger partial charge in [0.1, 0.15) is 0 Å². The molecule has 0 aliphatic carbocycles. The Morgan fingerprint density at radius 2 is 1.62 bits per heavy atom. The topological polar surface area (TPSA) is 37.3 Å². The fourth-order valence-electron chi connectivity index (χ4n) is 1.03. The summed E-state index contributed by atoms with van der Waals surface area (Å²) in [5, 5.41) is 7.42. The van der Waals surface area contributed by atoms with Crippen molar-refractivity contribution in [2.75, 3.05) is 0 Å². The zero-order chi connectivity index (χ0) is 10.7. The second kappa shape index (κ2) is 12.3. The molecule has 1 radical (unpaired) electrons. The summed E-state index contributed by atoms with van der Waals surface area (Å²) in [6.07, 6.45) is 2.92. The van der Waals surface area contributed by atoms with Gasteiger partial charge in [-0.2, -0.15) is 0 Å². The van der Waals surface area contributed by atoms with Crippen LogP contribution in [-0.4, -0.2) is 30.8 Å². The van der Waals surface area contributed by atoms with Crippen molar-refractivity contribution in [1.82, 2.24) is 0 Å². The van der Waals surface area contributed by atoms with Crippen LogP contribution in [0, 0.1) is 0 Å². The zero-order valence-electron chi connectivity index (χ0n) is 9.39. The van der Waals surface area contributed by atoms with Gasteiger partial charge in [-0.15, -0.1) is 0 Å². The molecule has 0 saturated carbocycles. The summed E-state index contributed by atoms with van der Waals surface area (Å²) >= 11 is -0.715. The van der Waals surface area contributed by atoms with Crippen molar-refractivity contribution in [2.24, 2.45) is 0 Å². The molecule has 0 spiro atoms. The molecule has 0 amide bonds. The number of hydrogen-bond donors (Lipinski definition) is 1. The first-order valence-corrected chi connectivity index (χ1v) is 11.2. The van der Waals surface area contributed by atoms with Gasteiger partial charge in [-0.1, -0.05) is 0 Å². The van der Waals surface area contributed by atoms with Crippen LogP contribution in [0.1, 0.15) is 40.5 Å². The van der Waals surface area contributed by atoms with Crippen LogP contribution in [0.5, 0.6) is 0 Å². The number of aliphatic carboxylic acids is 1. The number of carbonyl (C=O) groups is 1. The van der Waals surface area contributed by atoms with Gasteiger partial charge in [0.2, 0.25) is 0 Å². The number of hydrogen-bond acceptors (Lipinski definition) is 1. The predicted molar refractivity (Wildman–Crippen MR) is 59.7 cm³/mol. The van der Waals surface area contributed by atoms with Crippen molar-refractivity contribution in [3.05, 3.63) is 0 Å². The van der Waals surface area contributed by atoms with Gasteiger partial charge in [0.15, 0.2) is 0 Å². The molecule has 0 heterocycles. The van der Waals surface area contributed by atoms with Gasteiger partial charge in [0.05, 0.1) is 0 Å². The van der Waals surface area contributed by atoms with Crippen LogP contribution in [0.25, 0.3) is 0 Å². The molecule has 0 aliphatic heterocycles. The van der Waals surface area contributed by atoms with E-state index in [1.807, 2.05) is 0 Å². The van der Waals surface area contributed by atoms with Crippen molar-refractivity contribution in [2.45, 2.75) is 53.8 Å². The Labute approximate surface area is 89.5 Å². The maximum absolute atomic E-state index is 9.00. The van der Waals surface area contributed by atoms with Crippen molar-refractivity contribution < 1.29 is 9.90 Å². The molecule has 1 N–H and O–H groups in total. The Bertz CT molecular complexity index is 107. The number of rotatable bonds is 5. The van der Waals surface area contributed by atoms with Gasteiger partial charge in [-0.05, 0) is 0 Å². The van der Waals surface area contributed by atoms with E-state index in [9.17, 15) is 0 Å². The van der Waals surface area contributed by atoms with Crippen LogP contribution in [0.4, 0.5) is 0 Å². The van der Waals surface area contributed by atoms with E-state index in [0.29, 0.717) is 0 Å². The maximum atomic E-state index is 9.00. The molecule has 79 valence electrons. The molecular weight excluding hydrogens is 271 g/mol. The van der Waals surface area contributed by atoms with E-state index in [1.54, 1.807) is 13.3 Å². The first-order chi connectivity index (χ1) is 6.08. The average Bonchev–Trinajstić information content (AvgIpc) is 2.06. The minimum atomic E-state index is -0.833. The molecule has 0 aromatic carbocycles. The molecule has 0 bridgehead atoms. The number of carboxylic acids is 1. The molecule has 0 aromatic heterocycles. The SMILES string of the molecule is CC(=O)O.CCC[CH2][Sn]([CH2]C)[CH2]C. The number of carboxylic acid groups (broad SMARTS) is 1. The first kappa shape index (κ1) is 15.7. The van der Waals surface area contributed by atoms with Gasteiger partial charge in [-0.25, -0.2) is 0 Å². The standard InChI is InChI=1S/C4H9.C2H4O2.2C2H5.Sn/c1-3-4-2;1-2(3)4;2*1-2;/h1,3-4H2,2H3;1H3,(H,3,4);2*1H2,2H3;. The van der Waals surface area contributed by atoms with Gasteiger partial charge in [0.25, 0.3) is 5.97 Å². The fourth-order valence-corrected chi connectivity index (χ4v) is 6.91. The van der Waals surface area contributed by atoms with Crippen LogP contribution < -0.4 is 0 Å². The number of unbranched alkanes of at least 4 members (excludes halogenated alkanes) is 1. The third-order valence-electron chi connectivity index (χ3n) is 1.88. The molecule has 2 nitrogen and oxygen atoms in total. The third-order valence-corrected chi connectivity index (χ3v) is 10.6. The molecule has 0 saturated heterocycles. The summed E-state index contributed by atoms with van der Waals surface area (Å²) in [6, 6.07) is 0. The van der Waals surface area contributed by atoms with Gasteiger partial charge >= 0.3 is 66.7 Å². The zero-order valence-corrected chi connectivity index (χ0v) is 12.2. The summed E-state index contributed by atoms with van der Waals surface area (Å²) in [5.41, 5.74) is 0. The molecule has 0 aromatic rings. The Morgan fingerprint density at radius 1 is 1.23 bits per heavy atom. The van der Waals surface area contributed by atoms with Crippen LogP contribution in [-0.2, 0) is 4.79 Å². The molecule has 3 heteroatoms. The molecule has 13 heavy (non-hydrogen) atoms. The van der Waals surface area contributed by atoms with Crippen molar-refractivity contribution in [1.29, 1.82) is 0 Å². The van der Waals surface area contributed by atoms with E-state index in [4.69, 9.17) is 9.90 Å². The minimum absolute atomic E-state index is 0.715. The summed E-state index contributed by atoms with van der Waals surface area (Å²) in [4.78, 5) is 9.00. The first-order valence-electron chi connectivity index (χ1n) is 5.11. The second-order valence-electron chi connectivity index (χ2n) is 3.08. The summed E-state index contributed by atoms with van der Waals surface area (Å²) in [7, 11) is 0. The molecule has 0 fully saturated rings. The van der Waals surface area contributed by atoms with E-state index < -0.39 is 25.7 Å². The van der Waals surface area contributed by atoms with Crippen LogP contribution in [0.15, 0.2) is 0 Å². The van der Waals surface area contributed by atoms with E-state index in [1.165, 1.54) is 12.8 Å². The van der Waals surface area contributed by atoms with Gasteiger partial charge in [0, 0.05) is 6.92 Å². The second-order valence-corrected chi connectivity index (χ2v) is 12.8. The Balaban J connectivity index is 0. The molecule has 0 rings (SSSR count). The Morgan fingerprint density at radius 3 is 1.85 bits per heavy atom. The van der Waals surface area contributed by atoms with E-state index in [-0.39, 0.29) is 0 Å². The molecule has 0 aliphatic rings. The molecule has 0 unspecified atom stereocenters. The van der Waals surface area contributed by atoms with Crippen molar-refractivity contribution in [3.63, 3.8) is 0 Å². The van der Waals surface area contributed by atoms with Gasteiger partial charge in [-0.3, -0.25) is 4.79 Å². The van der Waals surface area contributed by atoms with Crippen molar-refractivity contribution in [3.8, 4) is 0 Å². The van der Waals surface area contributed by atoms with E-state index in [0.717, 1.165) is 6.92 Å². The predicted octanol–water partition coefficient (Wildman–Crippen LogP) is 3.41. The van der Waals surface area contributed by atoms with Gasteiger partial charge < -0.3 is 5.11 Å². The summed E-state index contributed by atoms with van der Waals surface area (Å²) in [6.45, 7) is 8.15. The quantitative estimate of drug-likeness (QED) is 0.789. The summed E-state index contributed by atoms with van der Waals surface area (Å²) in [5.74, 6) is -0.833. The van der Waals surface area contributed by atoms with Crippen LogP contribution >= 0.6 is 0 Å². The monoisotopic (exact) mass is 295 g/mol. The fraction of sp³-hybridized carbons (Fsp3) is 0.900. The van der Waals surface area contributed by atoms with E-state index in [2.05, 4.69) is 20.8 Å². The summed E-state index contributed by atoms with van der Waals surface area (Å²) < 4.78 is 4.78. The normalized spacial score (nSPS) is 9.31. The van der Waals surface area contributed by atoms with E-state index >= 15 is 0 Å². The van der Waals surface area contributed by atoms with Crippen LogP contribution in [0.2, 0.25) is 13.3 Å². The van der Waals surface area contributed by atoms with Crippen molar-refractivity contribution >= 4 is 25.7 Å². The third kappa shape index (κ3) is 18.9. The Hall–Kier alpha value is 0.269. The Kier molecular flexibility index (Phi) is 14.8. The molecular formula is C10H23O2Sn. The van der Waals surface area contributed by atoms with Crippen LogP contribution in [0.3, 0.4) is 0 Å².